The highest BCUT2D eigenvalue weighted by Crippen LogP contribution is 2.38. The van der Waals surface area contributed by atoms with Gasteiger partial charge in [-0.2, -0.15) is 0 Å². The maximum Gasteiger partial charge on any atom is 0.308 e. The van der Waals surface area contributed by atoms with Crippen molar-refractivity contribution in [2.45, 2.75) is 77.8 Å². The van der Waals surface area contributed by atoms with Gasteiger partial charge in [-0.15, -0.1) is 0 Å². The molecule has 1 aromatic rings. The molecule has 0 aliphatic rings. The van der Waals surface area contributed by atoms with Gasteiger partial charge in [-0.3, -0.25) is 4.79 Å². The maximum atomic E-state index is 11.5. The third-order valence-corrected chi connectivity index (χ3v) is 10.2. The smallest absolute Gasteiger partial charge is 0.308 e. The number of methoxy groups -OCH3 is 1. The number of carboxylic acid groups (broad SMARTS) is 1. The second-order valence-electron chi connectivity index (χ2n) is 8.94. The lowest BCUT2D eigenvalue weighted by Gasteiger charge is -2.40. The van der Waals surface area contributed by atoms with Gasteiger partial charge in [0.15, 0.2) is 8.32 Å². The molecule has 0 amide bonds. The first-order valence-electron chi connectivity index (χ1n) is 10.1. The molecule has 0 saturated heterocycles. The Morgan fingerprint density at radius 3 is 2.25 bits per heavy atom. The van der Waals surface area contributed by atoms with Crippen molar-refractivity contribution in [2.75, 3.05) is 13.7 Å². The molecule has 160 valence electrons. The number of unbranched alkanes of at least 4 members (excludes halogenated alkanes) is 1. The van der Waals surface area contributed by atoms with Gasteiger partial charge >= 0.3 is 5.97 Å². The minimum atomic E-state index is -2.01. The van der Waals surface area contributed by atoms with E-state index < -0.39 is 20.2 Å². The van der Waals surface area contributed by atoms with Crippen LogP contribution < -0.4 is 4.74 Å². The number of carboxylic acids is 1. The monoisotopic (exact) mass is 410 g/mol. The number of rotatable bonds is 12. The van der Waals surface area contributed by atoms with Gasteiger partial charge in [0.2, 0.25) is 0 Å². The highest BCUT2D eigenvalue weighted by atomic mass is 28.4. The fraction of sp³-hybridized carbons (Fsp3) is 0.682. The normalized spacial score (nSPS) is 14.5. The first kappa shape index (κ1) is 24.7. The molecule has 0 heterocycles. The van der Waals surface area contributed by atoms with Crippen LogP contribution in [0, 0.1) is 5.92 Å². The zero-order valence-electron chi connectivity index (χ0n) is 18.6. The minimum Gasteiger partial charge on any atom is -0.497 e. The average Bonchev–Trinajstić information content (AvgIpc) is 2.62. The summed E-state index contributed by atoms with van der Waals surface area (Å²) < 4.78 is 17.3. The lowest BCUT2D eigenvalue weighted by Crippen LogP contribution is -2.46. The van der Waals surface area contributed by atoms with Crippen LogP contribution in [-0.4, -0.2) is 39.2 Å². The van der Waals surface area contributed by atoms with E-state index in [0.29, 0.717) is 13.2 Å². The molecule has 1 aromatic carbocycles. The summed E-state index contributed by atoms with van der Waals surface area (Å²) in [4.78, 5) is 11.5. The molecule has 6 heteroatoms. The van der Waals surface area contributed by atoms with Crippen LogP contribution in [0.15, 0.2) is 24.3 Å². The second-order valence-corrected chi connectivity index (χ2v) is 13.7. The van der Waals surface area contributed by atoms with E-state index in [1.54, 1.807) is 14.0 Å². The molecule has 0 radical (unpaired) electrons. The third-order valence-electron chi connectivity index (χ3n) is 5.65. The molecule has 0 aliphatic heterocycles. The van der Waals surface area contributed by atoms with E-state index in [1.165, 1.54) is 0 Å². The number of hydrogen-bond acceptors (Lipinski definition) is 4. The predicted molar refractivity (Wildman–Crippen MR) is 115 cm³/mol. The summed E-state index contributed by atoms with van der Waals surface area (Å²) in [7, 11) is -0.357. The topological polar surface area (TPSA) is 65.0 Å². The first-order chi connectivity index (χ1) is 13.0. The van der Waals surface area contributed by atoms with Crippen LogP contribution in [0.1, 0.15) is 52.5 Å². The Morgan fingerprint density at radius 1 is 1.14 bits per heavy atom. The molecule has 0 aliphatic carbocycles. The highest BCUT2D eigenvalue weighted by Gasteiger charge is 2.40. The van der Waals surface area contributed by atoms with Crippen molar-refractivity contribution < 1.29 is 23.8 Å². The van der Waals surface area contributed by atoms with Crippen LogP contribution in [0.3, 0.4) is 0 Å². The number of ether oxygens (including phenoxy) is 2. The van der Waals surface area contributed by atoms with Gasteiger partial charge in [0.25, 0.3) is 0 Å². The summed E-state index contributed by atoms with van der Waals surface area (Å²) in [5.74, 6) is -0.460. The second kappa shape index (κ2) is 11.0. The Kier molecular flexibility index (Phi) is 9.67. The molecule has 2 atom stereocenters. The summed E-state index contributed by atoms with van der Waals surface area (Å²) in [6.45, 7) is 13.8. The van der Waals surface area contributed by atoms with Gasteiger partial charge in [0.05, 0.1) is 25.7 Å². The molecule has 1 rings (SSSR count). The van der Waals surface area contributed by atoms with Crippen LogP contribution in [0.2, 0.25) is 18.1 Å². The van der Waals surface area contributed by atoms with Crippen LogP contribution in [0.4, 0.5) is 0 Å². The van der Waals surface area contributed by atoms with Crippen LogP contribution in [-0.2, 0) is 20.6 Å². The van der Waals surface area contributed by atoms with Gasteiger partial charge in [-0.25, -0.2) is 0 Å². The number of aliphatic carboxylic acids is 1. The van der Waals surface area contributed by atoms with Crippen LogP contribution >= 0.6 is 0 Å². The maximum absolute atomic E-state index is 11.5. The lowest BCUT2D eigenvalue weighted by molar-refractivity contribution is -0.144. The summed E-state index contributed by atoms with van der Waals surface area (Å²) >= 11 is 0. The molecule has 0 unspecified atom stereocenters. The average molecular weight is 411 g/mol. The van der Waals surface area contributed by atoms with E-state index >= 15 is 0 Å². The SMILES string of the molecule is COc1ccc(COCCCC[C@H](O[Si](C)(C)C(C)(C)C)[C@@H](C)C(=O)O)cc1. The van der Waals surface area contributed by atoms with Gasteiger partial charge < -0.3 is 19.0 Å². The predicted octanol–water partition coefficient (Wildman–Crippen LogP) is 5.49. The van der Waals surface area contributed by atoms with Crippen molar-refractivity contribution >= 4 is 14.3 Å². The van der Waals surface area contributed by atoms with E-state index in [9.17, 15) is 9.90 Å². The standard InChI is InChI=1S/C22H38O5Si/c1-17(21(23)24)20(27-28(6,7)22(2,3)4)10-8-9-15-26-16-18-11-13-19(25-5)14-12-18/h11-14,17,20H,8-10,15-16H2,1-7H3,(H,23,24)/t17-,20+/m1/s1. The van der Waals surface area contributed by atoms with Crippen molar-refractivity contribution in [3.05, 3.63) is 29.8 Å². The summed E-state index contributed by atoms with van der Waals surface area (Å²) in [5.41, 5.74) is 1.11. The van der Waals surface area contributed by atoms with E-state index in [1.807, 2.05) is 24.3 Å². The zero-order valence-corrected chi connectivity index (χ0v) is 19.6. The molecule has 0 saturated carbocycles. The Balaban J connectivity index is 2.44. The Bertz CT molecular complexity index is 592. The fourth-order valence-electron chi connectivity index (χ4n) is 2.59. The third kappa shape index (κ3) is 7.93. The van der Waals surface area contributed by atoms with E-state index in [-0.39, 0.29) is 11.1 Å². The van der Waals surface area contributed by atoms with Gasteiger partial charge in [-0.05, 0) is 62.0 Å². The Morgan fingerprint density at radius 2 is 1.75 bits per heavy atom. The van der Waals surface area contributed by atoms with Gasteiger partial charge in [-0.1, -0.05) is 32.9 Å². The summed E-state index contributed by atoms with van der Waals surface area (Å²) in [6, 6.07) is 7.84. The molecular weight excluding hydrogens is 372 g/mol. The minimum absolute atomic E-state index is 0.0605. The lowest BCUT2D eigenvalue weighted by atomic mass is 10.00. The fourth-order valence-corrected chi connectivity index (χ4v) is 4.02. The number of benzene rings is 1. The highest BCUT2D eigenvalue weighted by molar-refractivity contribution is 6.74. The quantitative estimate of drug-likeness (QED) is 0.364. The van der Waals surface area contributed by atoms with Crippen LogP contribution in [0.5, 0.6) is 5.75 Å². The molecule has 1 N–H and O–H groups in total. The molecule has 0 fully saturated rings. The van der Waals surface area contributed by atoms with Crippen molar-refractivity contribution in [2.24, 2.45) is 5.92 Å². The first-order valence-corrected chi connectivity index (χ1v) is 13.0. The van der Waals surface area contributed by atoms with Crippen molar-refractivity contribution in [3.8, 4) is 5.75 Å². The molecule has 5 nitrogen and oxygen atoms in total. The molecule has 0 bridgehead atoms. The molecular formula is C22H38O5Si. The molecule has 0 spiro atoms. The van der Waals surface area contributed by atoms with Crippen molar-refractivity contribution in [1.29, 1.82) is 0 Å². The molecule has 0 aromatic heterocycles. The van der Waals surface area contributed by atoms with Crippen LogP contribution in [0.25, 0.3) is 0 Å². The van der Waals surface area contributed by atoms with E-state index in [0.717, 1.165) is 30.6 Å². The Labute approximate surface area is 171 Å². The van der Waals surface area contributed by atoms with Gasteiger partial charge in [0.1, 0.15) is 5.75 Å². The number of hydrogen-bond donors (Lipinski definition) is 1. The zero-order chi connectivity index (χ0) is 21.4. The summed E-state index contributed by atoms with van der Waals surface area (Å²) in [5, 5.41) is 9.52. The molecule has 28 heavy (non-hydrogen) atoms. The largest absolute Gasteiger partial charge is 0.497 e. The van der Waals surface area contributed by atoms with Crippen molar-refractivity contribution in [1.82, 2.24) is 0 Å². The number of carbonyl (C=O) groups is 1. The van der Waals surface area contributed by atoms with E-state index in [2.05, 4.69) is 33.9 Å². The van der Waals surface area contributed by atoms with Gasteiger partial charge in [0, 0.05) is 6.61 Å². The van der Waals surface area contributed by atoms with Crippen molar-refractivity contribution in [3.63, 3.8) is 0 Å². The Hall–Kier alpha value is -1.37. The van der Waals surface area contributed by atoms with E-state index in [4.69, 9.17) is 13.9 Å². The summed E-state index contributed by atoms with van der Waals surface area (Å²) in [6.07, 6.45) is 2.27.